The van der Waals surface area contributed by atoms with Crippen LogP contribution in [0.5, 0.6) is 0 Å². The fraction of sp³-hybridized carbons (Fsp3) is 0.133. The number of hydrogen-bond acceptors (Lipinski definition) is 3. The zero-order valence-electron chi connectivity index (χ0n) is 12.2. The number of hydrogen-bond donors (Lipinski definition) is 1. The third-order valence-corrected chi connectivity index (χ3v) is 4.75. The minimum Gasteiger partial charge on any atom is -0.295 e. The molecule has 0 atom stereocenters. The summed E-state index contributed by atoms with van der Waals surface area (Å²) in [4.78, 5) is 10.2. The maximum atomic E-state index is 13.1. The molecule has 0 aromatic heterocycles. The number of sulfonamides is 1. The lowest BCUT2D eigenvalue weighted by Gasteiger charge is -2.15. The Hall–Kier alpha value is -2.06. The van der Waals surface area contributed by atoms with E-state index in [9.17, 15) is 26.4 Å². The monoisotopic (exact) mass is 377 g/mol. The van der Waals surface area contributed by atoms with Crippen molar-refractivity contribution in [3.63, 3.8) is 0 Å². The average Bonchev–Trinajstić information content (AvgIpc) is 2.46. The van der Waals surface area contributed by atoms with Gasteiger partial charge in [0.25, 0.3) is 10.0 Å². The third-order valence-electron chi connectivity index (χ3n) is 3.08. The van der Waals surface area contributed by atoms with Gasteiger partial charge in [0.05, 0.1) is 10.5 Å². The molecular formula is C15H11ClF3NO3S. The van der Waals surface area contributed by atoms with E-state index in [0.717, 1.165) is 12.1 Å². The molecule has 4 nitrogen and oxygen atoms in total. The highest BCUT2D eigenvalue weighted by atomic mass is 35.5. The number of benzene rings is 2. The molecule has 24 heavy (non-hydrogen) atoms. The number of nitrogens with one attached hydrogen (secondary N) is 1. The maximum absolute atomic E-state index is 13.1. The molecule has 0 aliphatic carbocycles. The summed E-state index contributed by atoms with van der Waals surface area (Å²) in [5, 5.41) is -0.230. The summed E-state index contributed by atoms with van der Waals surface area (Å²) in [7, 11) is -4.49. The van der Waals surface area contributed by atoms with Gasteiger partial charge < -0.3 is 0 Å². The lowest BCUT2D eigenvalue weighted by Crippen LogP contribution is -2.19. The lowest BCUT2D eigenvalue weighted by molar-refractivity contribution is -0.139. The Bertz CT molecular complexity index is 878. The van der Waals surface area contributed by atoms with Crippen LogP contribution in [0.3, 0.4) is 0 Å². The molecular weight excluding hydrogens is 367 g/mol. The molecule has 0 amide bonds. The van der Waals surface area contributed by atoms with Crippen LogP contribution in [0.2, 0.25) is 5.02 Å². The van der Waals surface area contributed by atoms with E-state index in [1.165, 1.54) is 31.2 Å². The fourth-order valence-corrected chi connectivity index (χ4v) is 3.38. The Morgan fingerprint density at radius 2 is 1.67 bits per heavy atom. The van der Waals surface area contributed by atoms with Crippen molar-refractivity contribution < 1.29 is 26.4 Å². The van der Waals surface area contributed by atoms with Crippen molar-refractivity contribution in [2.45, 2.75) is 18.0 Å². The van der Waals surface area contributed by atoms with Gasteiger partial charge in [-0.05, 0) is 49.4 Å². The van der Waals surface area contributed by atoms with Crippen LogP contribution >= 0.6 is 11.6 Å². The summed E-state index contributed by atoms with van der Waals surface area (Å²) in [5.41, 5.74) is -0.980. The Kier molecular flexibility index (Phi) is 4.91. The summed E-state index contributed by atoms with van der Waals surface area (Å²) >= 11 is 5.53. The van der Waals surface area contributed by atoms with Crippen LogP contribution in [0, 0.1) is 0 Å². The molecule has 1 N–H and O–H groups in total. The Labute approximate surface area is 141 Å². The van der Waals surface area contributed by atoms with Crippen molar-refractivity contribution in [2.24, 2.45) is 0 Å². The number of alkyl halides is 3. The minimum absolute atomic E-state index is 0.0306. The van der Waals surface area contributed by atoms with Crippen molar-refractivity contribution in [1.29, 1.82) is 0 Å². The van der Waals surface area contributed by atoms with E-state index in [4.69, 9.17) is 11.6 Å². The number of halogens is 4. The first-order valence-corrected chi connectivity index (χ1v) is 8.37. The summed E-state index contributed by atoms with van der Waals surface area (Å²) in [6.45, 7) is 1.34. The van der Waals surface area contributed by atoms with Gasteiger partial charge in [0.1, 0.15) is 0 Å². The number of rotatable bonds is 4. The lowest BCUT2D eigenvalue weighted by atomic mass is 10.1. The number of carbonyl (C=O) groups excluding carboxylic acids is 1. The van der Waals surface area contributed by atoms with E-state index < -0.39 is 26.7 Å². The maximum Gasteiger partial charge on any atom is 0.417 e. The first-order chi connectivity index (χ1) is 11.0. The van der Waals surface area contributed by atoms with E-state index in [-0.39, 0.29) is 16.5 Å². The summed E-state index contributed by atoms with van der Waals surface area (Å²) in [5.74, 6) is -0.221. The van der Waals surface area contributed by atoms with Crippen LogP contribution in [0.4, 0.5) is 18.9 Å². The molecule has 0 bridgehead atoms. The molecule has 0 saturated heterocycles. The van der Waals surface area contributed by atoms with Gasteiger partial charge in [-0.25, -0.2) is 8.42 Å². The van der Waals surface area contributed by atoms with Crippen LogP contribution in [-0.4, -0.2) is 14.2 Å². The molecule has 0 aliphatic heterocycles. The molecule has 9 heteroatoms. The van der Waals surface area contributed by atoms with Crippen molar-refractivity contribution in [1.82, 2.24) is 0 Å². The Balaban J connectivity index is 2.43. The topological polar surface area (TPSA) is 63.2 Å². The molecule has 0 heterocycles. The zero-order valence-corrected chi connectivity index (χ0v) is 13.8. The van der Waals surface area contributed by atoms with Gasteiger partial charge in [-0.1, -0.05) is 11.6 Å². The molecule has 128 valence electrons. The molecule has 2 aromatic rings. The largest absolute Gasteiger partial charge is 0.417 e. The fourth-order valence-electron chi connectivity index (χ4n) is 1.94. The van der Waals surface area contributed by atoms with Crippen molar-refractivity contribution >= 4 is 33.1 Å². The van der Waals surface area contributed by atoms with Gasteiger partial charge in [0.15, 0.2) is 5.78 Å². The van der Waals surface area contributed by atoms with E-state index in [0.29, 0.717) is 11.6 Å². The summed E-state index contributed by atoms with van der Waals surface area (Å²) in [6.07, 6.45) is -4.88. The van der Waals surface area contributed by atoms with Crippen molar-refractivity contribution in [3.8, 4) is 0 Å². The number of carbonyl (C=O) groups is 1. The molecule has 0 spiro atoms. The van der Waals surface area contributed by atoms with Gasteiger partial charge in [-0.3, -0.25) is 9.52 Å². The van der Waals surface area contributed by atoms with E-state index in [1.54, 1.807) is 0 Å². The van der Waals surface area contributed by atoms with Crippen molar-refractivity contribution in [2.75, 3.05) is 4.72 Å². The second-order valence-corrected chi connectivity index (χ2v) is 6.96. The van der Waals surface area contributed by atoms with Crippen LogP contribution in [0.15, 0.2) is 47.4 Å². The Morgan fingerprint density at radius 1 is 1.08 bits per heavy atom. The number of ketones is 1. The van der Waals surface area contributed by atoms with Crippen LogP contribution in [0.1, 0.15) is 22.8 Å². The second-order valence-electron chi connectivity index (χ2n) is 4.88. The van der Waals surface area contributed by atoms with Crippen LogP contribution in [-0.2, 0) is 16.2 Å². The molecule has 2 aromatic carbocycles. The average molecular weight is 378 g/mol. The predicted molar refractivity (Wildman–Crippen MR) is 83.7 cm³/mol. The number of anilines is 1. The van der Waals surface area contributed by atoms with Crippen LogP contribution in [0.25, 0.3) is 0 Å². The highest BCUT2D eigenvalue weighted by Crippen LogP contribution is 2.36. The third kappa shape index (κ3) is 4.07. The first-order valence-electron chi connectivity index (χ1n) is 6.51. The van der Waals surface area contributed by atoms with Gasteiger partial charge >= 0.3 is 6.18 Å². The van der Waals surface area contributed by atoms with E-state index >= 15 is 0 Å². The number of Topliss-reactive ketones (excluding diaryl/α,β-unsaturated/α-hetero) is 1. The van der Waals surface area contributed by atoms with Crippen LogP contribution < -0.4 is 4.72 Å². The van der Waals surface area contributed by atoms with E-state index in [1.807, 2.05) is 0 Å². The van der Waals surface area contributed by atoms with Gasteiger partial charge in [-0.15, -0.1) is 0 Å². The molecule has 0 radical (unpaired) electrons. The van der Waals surface area contributed by atoms with Gasteiger partial charge in [0.2, 0.25) is 0 Å². The van der Waals surface area contributed by atoms with Gasteiger partial charge in [-0.2, -0.15) is 13.2 Å². The molecule has 0 saturated carbocycles. The first kappa shape index (κ1) is 18.3. The highest BCUT2D eigenvalue weighted by molar-refractivity contribution is 7.92. The molecule has 0 aliphatic rings. The second kappa shape index (κ2) is 6.45. The molecule has 2 rings (SSSR count). The minimum atomic E-state index is -4.88. The van der Waals surface area contributed by atoms with E-state index in [2.05, 4.69) is 4.72 Å². The summed E-state index contributed by atoms with van der Waals surface area (Å²) < 4.78 is 65.8. The van der Waals surface area contributed by atoms with Gasteiger partial charge in [0, 0.05) is 16.3 Å². The molecule has 0 fully saturated rings. The quantitative estimate of drug-likeness (QED) is 0.805. The predicted octanol–water partition coefficient (Wildman–Crippen LogP) is 4.36. The standard InChI is InChI=1S/C15H11ClF3NO3S/c1-9(21)10-2-5-12(6-3-10)20-24(22,23)14-7-4-11(16)8-13(14)15(17,18)19/h2-8,20H,1H3. The zero-order chi connectivity index (χ0) is 18.1. The normalized spacial score (nSPS) is 12.0. The van der Waals surface area contributed by atoms with Crippen molar-refractivity contribution in [3.05, 3.63) is 58.6 Å². The Morgan fingerprint density at radius 3 is 2.17 bits per heavy atom. The SMILES string of the molecule is CC(=O)c1ccc(NS(=O)(=O)c2ccc(Cl)cc2C(F)(F)F)cc1. The smallest absolute Gasteiger partial charge is 0.295 e. The summed E-state index contributed by atoms with van der Waals surface area (Å²) in [6, 6.07) is 7.71. The highest BCUT2D eigenvalue weighted by Gasteiger charge is 2.37. The molecule has 0 unspecified atom stereocenters.